The fourth-order valence-corrected chi connectivity index (χ4v) is 2.92. The molecule has 1 amide bonds. The predicted octanol–water partition coefficient (Wildman–Crippen LogP) is 3.01. The Kier molecular flexibility index (Phi) is 5.50. The van der Waals surface area contributed by atoms with Crippen molar-refractivity contribution in [2.75, 3.05) is 18.5 Å². The van der Waals surface area contributed by atoms with E-state index in [2.05, 4.69) is 10.4 Å². The minimum Gasteiger partial charge on any atom is -0.376 e. The third-order valence-corrected chi connectivity index (χ3v) is 4.31. The van der Waals surface area contributed by atoms with Crippen LogP contribution in [0.2, 0.25) is 0 Å². The van der Waals surface area contributed by atoms with Crippen LogP contribution in [0.1, 0.15) is 31.2 Å². The molecule has 1 aromatic heterocycles. The summed E-state index contributed by atoms with van der Waals surface area (Å²) in [6.07, 6.45) is 1.67. The highest BCUT2D eigenvalue weighted by Crippen LogP contribution is 2.16. The number of aryl methyl sites for hydroxylation is 2. The van der Waals surface area contributed by atoms with Crippen molar-refractivity contribution in [1.82, 2.24) is 9.78 Å². The highest BCUT2D eigenvalue weighted by molar-refractivity contribution is 5.93. The zero-order valence-electron chi connectivity index (χ0n) is 15.0. The molecule has 25 heavy (non-hydrogen) atoms. The molecule has 6 heteroatoms. The lowest BCUT2D eigenvalue weighted by molar-refractivity contribution is -0.128. The Bertz CT molecular complexity index is 718. The first-order valence-electron chi connectivity index (χ1n) is 8.70. The van der Waals surface area contributed by atoms with Gasteiger partial charge in [0.05, 0.1) is 24.1 Å². The average Bonchev–Trinajstić information content (AvgIpc) is 3.22. The lowest BCUT2D eigenvalue weighted by Crippen LogP contribution is -2.30. The molecular weight excluding hydrogens is 318 g/mol. The number of amides is 1. The van der Waals surface area contributed by atoms with Gasteiger partial charge in [0.1, 0.15) is 6.10 Å². The first kappa shape index (κ1) is 17.6. The van der Waals surface area contributed by atoms with Gasteiger partial charge in [-0.1, -0.05) is 0 Å². The number of carbonyl (C=O) groups is 1. The molecule has 0 aliphatic carbocycles. The van der Waals surface area contributed by atoms with Gasteiger partial charge in [-0.05, 0) is 63.9 Å². The van der Waals surface area contributed by atoms with Crippen LogP contribution in [0.3, 0.4) is 0 Å². The summed E-state index contributed by atoms with van der Waals surface area (Å²) in [7, 11) is 0. The lowest BCUT2D eigenvalue weighted by Gasteiger charge is -2.16. The number of rotatable bonds is 6. The summed E-state index contributed by atoms with van der Waals surface area (Å²) in [4.78, 5) is 12.2. The van der Waals surface area contributed by atoms with E-state index in [4.69, 9.17) is 9.47 Å². The van der Waals surface area contributed by atoms with Gasteiger partial charge in [-0.15, -0.1) is 0 Å². The smallest absolute Gasteiger partial charge is 0.253 e. The number of nitrogens with zero attached hydrogens (tertiary/aromatic N) is 2. The molecule has 1 fully saturated rings. The van der Waals surface area contributed by atoms with Crippen molar-refractivity contribution in [2.24, 2.45) is 0 Å². The molecule has 1 saturated heterocycles. The van der Waals surface area contributed by atoms with E-state index in [0.717, 1.165) is 42.2 Å². The van der Waals surface area contributed by atoms with Crippen molar-refractivity contribution in [1.29, 1.82) is 0 Å². The highest BCUT2D eigenvalue weighted by Gasteiger charge is 2.20. The van der Waals surface area contributed by atoms with Gasteiger partial charge >= 0.3 is 0 Å². The second-order valence-electron chi connectivity index (χ2n) is 6.49. The van der Waals surface area contributed by atoms with Crippen molar-refractivity contribution in [3.63, 3.8) is 0 Å². The molecule has 2 unspecified atom stereocenters. The molecule has 6 nitrogen and oxygen atoms in total. The first-order chi connectivity index (χ1) is 12.0. The fraction of sp³-hybridized carbons (Fsp3) is 0.474. The largest absolute Gasteiger partial charge is 0.376 e. The van der Waals surface area contributed by atoms with Gasteiger partial charge in [-0.2, -0.15) is 5.10 Å². The van der Waals surface area contributed by atoms with Crippen molar-refractivity contribution < 1.29 is 14.3 Å². The van der Waals surface area contributed by atoms with Crippen LogP contribution in [-0.2, 0) is 14.3 Å². The molecule has 1 aliphatic rings. The molecule has 3 rings (SSSR count). The molecule has 1 aromatic carbocycles. The first-order valence-corrected chi connectivity index (χ1v) is 8.70. The molecule has 2 heterocycles. The SMILES string of the molecule is Cc1cc(C)n(-c2ccc(NC(=O)C(C)OCC3CCCO3)cc2)n1. The quantitative estimate of drug-likeness (QED) is 0.876. The Morgan fingerprint density at radius 2 is 2.16 bits per heavy atom. The summed E-state index contributed by atoms with van der Waals surface area (Å²) >= 11 is 0. The summed E-state index contributed by atoms with van der Waals surface area (Å²) in [6.45, 7) is 7.00. The summed E-state index contributed by atoms with van der Waals surface area (Å²) in [5, 5.41) is 7.34. The maximum Gasteiger partial charge on any atom is 0.253 e. The molecule has 0 radical (unpaired) electrons. The zero-order valence-corrected chi connectivity index (χ0v) is 15.0. The number of anilines is 1. The highest BCUT2D eigenvalue weighted by atomic mass is 16.5. The standard InChI is InChI=1S/C19H25N3O3/c1-13-11-14(2)22(21-13)17-8-6-16(7-9-17)20-19(23)15(3)25-12-18-5-4-10-24-18/h6-9,11,15,18H,4-5,10,12H2,1-3H3,(H,20,23). The van der Waals surface area contributed by atoms with Gasteiger partial charge in [-0.3, -0.25) is 4.79 Å². The number of hydrogen-bond acceptors (Lipinski definition) is 4. The van der Waals surface area contributed by atoms with Crippen LogP contribution >= 0.6 is 0 Å². The van der Waals surface area contributed by atoms with Crippen LogP contribution in [0.5, 0.6) is 0 Å². The van der Waals surface area contributed by atoms with Gasteiger partial charge < -0.3 is 14.8 Å². The van der Waals surface area contributed by atoms with Crippen LogP contribution in [0, 0.1) is 13.8 Å². The normalized spacial score (nSPS) is 18.3. The minimum atomic E-state index is -0.514. The molecule has 1 aliphatic heterocycles. The van der Waals surface area contributed by atoms with Crippen molar-refractivity contribution in [3.8, 4) is 5.69 Å². The number of benzene rings is 1. The predicted molar refractivity (Wildman–Crippen MR) is 96.1 cm³/mol. The number of ether oxygens (including phenoxy) is 2. The Morgan fingerprint density at radius 1 is 1.40 bits per heavy atom. The Hall–Kier alpha value is -2.18. The van der Waals surface area contributed by atoms with E-state index in [1.54, 1.807) is 6.92 Å². The molecule has 2 atom stereocenters. The molecule has 1 N–H and O–H groups in total. The van der Waals surface area contributed by atoms with E-state index in [1.165, 1.54) is 0 Å². The third-order valence-electron chi connectivity index (χ3n) is 4.31. The Morgan fingerprint density at radius 3 is 2.76 bits per heavy atom. The lowest BCUT2D eigenvalue weighted by atomic mass is 10.2. The van der Waals surface area contributed by atoms with E-state index < -0.39 is 6.10 Å². The van der Waals surface area contributed by atoms with Crippen LogP contribution in [0.15, 0.2) is 30.3 Å². The summed E-state index contributed by atoms with van der Waals surface area (Å²) < 4.78 is 13.0. The van der Waals surface area contributed by atoms with E-state index in [-0.39, 0.29) is 12.0 Å². The van der Waals surface area contributed by atoms with Gasteiger partial charge in [-0.25, -0.2) is 4.68 Å². The van der Waals surface area contributed by atoms with Crippen LogP contribution in [-0.4, -0.2) is 41.1 Å². The molecule has 2 aromatic rings. The maximum absolute atomic E-state index is 12.2. The van der Waals surface area contributed by atoms with E-state index in [1.807, 2.05) is 48.9 Å². The van der Waals surface area contributed by atoms with E-state index in [0.29, 0.717) is 6.61 Å². The van der Waals surface area contributed by atoms with Crippen LogP contribution in [0.4, 0.5) is 5.69 Å². The van der Waals surface area contributed by atoms with Gasteiger partial charge in [0.2, 0.25) is 0 Å². The number of nitrogens with one attached hydrogen (secondary N) is 1. The second-order valence-corrected chi connectivity index (χ2v) is 6.49. The van der Waals surface area contributed by atoms with Gasteiger partial charge in [0.15, 0.2) is 0 Å². The number of aromatic nitrogens is 2. The van der Waals surface area contributed by atoms with E-state index in [9.17, 15) is 4.79 Å². The van der Waals surface area contributed by atoms with Gasteiger partial charge in [0.25, 0.3) is 5.91 Å². The topological polar surface area (TPSA) is 65.4 Å². The molecule has 0 saturated carbocycles. The Labute approximate surface area is 148 Å². The Balaban J connectivity index is 1.55. The maximum atomic E-state index is 12.2. The number of hydrogen-bond donors (Lipinski definition) is 1. The van der Waals surface area contributed by atoms with Crippen molar-refractivity contribution >= 4 is 11.6 Å². The zero-order chi connectivity index (χ0) is 17.8. The molecule has 0 spiro atoms. The molecule has 134 valence electrons. The number of carbonyl (C=O) groups excluding carboxylic acids is 1. The average molecular weight is 343 g/mol. The second kappa shape index (κ2) is 7.80. The fourth-order valence-electron chi connectivity index (χ4n) is 2.92. The van der Waals surface area contributed by atoms with Gasteiger partial charge in [0, 0.05) is 18.0 Å². The minimum absolute atomic E-state index is 0.121. The molecular formula is C19H25N3O3. The summed E-state index contributed by atoms with van der Waals surface area (Å²) in [5.41, 5.74) is 3.76. The van der Waals surface area contributed by atoms with Crippen LogP contribution < -0.4 is 5.32 Å². The van der Waals surface area contributed by atoms with E-state index >= 15 is 0 Å². The summed E-state index contributed by atoms with van der Waals surface area (Å²) in [5.74, 6) is -0.156. The molecule has 0 bridgehead atoms. The van der Waals surface area contributed by atoms with Crippen molar-refractivity contribution in [2.45, 2.75) is 45.8 Å². The summed E-state index contributed by atoms with van der Waals surface area (Å²) in [6, 6.07) is 9.65. The monoisotopic (exact) mass is 343 g/mol. The van der Waals surface area contributed by atoms with Crippen LogP contribution in [0.25, 0.3) is 5.69 Å². The van der Waals surface area contributed by atoms with Crippen molar-refractivity contribution in [3.05, 3.63) is 41.7 Å². The third kappa shape index (κ3) is 4.46.